The molecule has 1 aromatic heterocycles. The summed E-state index contributed by atoms with van der Waals surface area (Å²) in [6.07, 6.45) is -0.734. The molecule has 1 heterocycles. The zero-order chi connectivity index (χ0) is 18.0. The van der Waals surface area contributed by atoms with E-state index in [1.807, 2.05) is 4.90 Å². The Labute approximate surface area is 147 Å². The molecule has 0 saturated carbocycles. The molecule has 136 valence electrons. The smallest absolute Gasteiger partial charge is 0.405 e. The van der Waals surface area contributed by atoms with E-state index in [2.05, 4.69) is 4.74 Å². The molecular weight excluding hydrogens is 353 g/mol. The molecule has 0 fully saturated rings. The average molecular weight is 372 g/mol. The summed E-state index contributed by atoms with van der Waals surface area (Å²) in [7, 11) is 1.78. The highest BCUT2D eigenvalue weighted by Gasteiger charge is 2.32. The molecule has 0 aliphatic heterocycles. The Morgan fingerprint density at radius 1 is 1.24 bits per heavy atom. The Bertz CT molecular complexity index is 798. The van der Waals surface area contributed by atoms with Gasteiger partial charge in [-0.1, -0.05) is 29.5 Å². The molecule has 3 rings (SSSR count). The summed E-state index contributed by atoms with van der Waals surface area (Å²) in [5.74, 6) is -0.207. The zero-order valence-electron chi connectivity index (χ0n) is 13.8. The maximum absolute atomic E-state index is 12.5. The Balaban J connectivity index is 1.75. The standard InChI is InChI=1S/C17H19F3N2O2S/c1-21(10-12-6-2-4-8-14(12)24-17(18,19)20)11-22-13-7-3-5-9-15(13)25-16(22)23/h2,4,6,8H,3,5,7,9-11H2,1H3. The van der Waals surface area contributed by atoms with Gasteiger partial charge in [-0.2, -0.15) is 0 Å². The van der Waals surface area contributed by atoms with E-state index >= 15 is 0 Å². The van der Waals surface area contributed by atoms with Crippen LogP contribution in [0.25, 0.3) is 0 Å². The highest BCUT2D eigenvalue weighted by molar-refractivity contribution is 7.09. The molecule has 0 radical (unpaired) electrons. The van der Waals surface area contributed by atoms with Crippen molar-refractivity contribution in [3.63, 3.8) is 0 Å². The molecule has 1 aliphatic rings. The van der Waals surface area contributed by atoms with Gasteiger partial charge in [-0.25, -0.2) is 0 Å². The molecule has 25 heavy (non-hydrogen) atoms. The molecule has 0 amide bonds. The largest absolute Gasteiger partial charge is 0.573 e. The van der Waals surface area contributed by atoms with Gasteiger partial charge in [0.05, 0.1) is 6.67 Å². The molecular formula is C17H19F3N2O2S. The second-order valence-corrected chi connectivity index (χ2v) is 7.23. The normalized spacial score (nSPS) is 14.6. The summed E-state index contributed by atoms with van der Waals surface area (Å²) in [4.78, 5) is 15.2. The number of para-hydroxylation sites is 1. The van der Waals surface area contributed by atoms with Gasteiger partial charge in [0.25, 0.3) is 0 Å². The quantitative estimate of drug-likeness (QED) is 0.801. The van der Waals surface area contributed by atoms with Crippen molar-refractivity contribution in [1.82, 2.24) is 9.47 Å². The van der Waals surface area contributed by atoms with Gasteiger partial charge in [0.15, 0.2) is 0 Å². The third-order valence-corrected chi connectivity index (χ3v) is 5.25. The van der Waals surface area contributed by atoms with Gasteiger partial charge in [0.1, 0.15) is 5.75 Å². The lowest BCUT2D eigenvalue weighted by Crippen LogP contribution is -2.29. The molecule has 0 atom stereocenters. The summed E-state index contributed by atoms with van der Waals surface area (Å²) in [5.41, 5.74) is 1.51. The lowest BCUT2D eigenvalue weighted by atomic mass is 10.0. The van der Waals surface area contributed by atoms with E-state index in [1.54, 1.807) is 23.7 Å². The molecule has 0 unspecified atom stereocenters. The van der Waals surface area contributed by atoms with E-state index in [1.165, 1.54) is 23.5 Å². The third kappa shape index (κ3) is 4.43. The number of benzene rings is 1. The van der Waals surface area contributed by atoms with Crippen LogP contribution in [0.2, 0.25) is 0 Å². The summed E-state index contributed by atoms with van der Waals surface area (Å²) in [6, 6.07) is 6.08. The number of hydrogen-bond acceptors (Lipinski definition) is 4. The highest BCUT2D eigenvalue weighted by atomic mass is 32.1. The summed E-state index contributed by atoms with van der Waals surface area (Å²) in [5, 5.41) is 0. The van der Waals surface area contributed by atoms with Crippen LogP contribution in [0.1, 0.15) is 29.0 Å². The van der Waals surface area contributed by atoms with E-state index in [9.17, 15) is 18.0 Å². The van der Waals surface area contributed by atoms with Crippen molar-refractivity contribution in [1.29, 1.82) is 0 Å². The highest BCUT2D eigenvalue weighted by Crippen LogP contribution is 2.27. The molecule has 0 spiro atoms. The number of halogens is 3. The van der Waals surface area contributed by atoms with Crippen LogP contribution in [0.3, 0.4) is 0 Å². The van der Waals surface area contributed by atoms with Gasteiger partial charge in [-0.15, -0.1) is 13.2 Å². The Hall–Kier alpha value is -1.80. The van der Waals surface area contributed by atoms with Crippen molar-refractivity contribution in [2.75, 3.05) is 7.05 Å². The van der Waals surface area contributed by atoms with Crippen molar-refractivity contribution in [2.45, 2.75) is 45.3 Å². The topological polar surface area (TPSA) is 34.5 Å². The number of rotatable bonds is 5. The Morgan fingerprint density at radius 3 is 2.72 bits per heavy atom. The third-order valence-electron chi connectivity index (χ3n) is 4.17. The lowest BCUT2D eigenvalue weighted by molar-refractivity contribution is -0.275. The van der Waals surface area contributed by atoms with Gasteiger partial charge in [0, 0.05) is 22.7 Å². The van der Waals surface area contributed by atoms with Crippen LogP contribution in [0.15, 0.2) is 29.1 Å². The fourth-order valence-corrected chi connectivity index (χ4v) is 4.18. The van der Waals surface area contributed by atoms with Crippen molar-refractivity contribution >= 4 is 11.3 Å². The molecule has 2 aromatic rings. The number of nitrogens with zero attached hydrogens (tertiary/aromatic N) is 2. The predicted molar refractivity (Wildman–Crippen MR) is 89.8 cm³/mol. The van der Waals surface area contributed by atoms with Crippen molar-refractivity contribution in [2.24, 2.45) is 0 Å². The number of alkyl halides is 3. The number of thiazole rings is 1. The van der Waals surface area contributed by atoms with E-state index < -0.39 is 6.36 Å². The molecule has 8 heteroatoms. The average Bonchev–Trinajstić information content (AvgIpc) is 2.84. The first-order chi connectivity index (χ1) is 11.8. The molecule has 0 saturated heterocycles. The first kappa shape index (κ1) is 18.0. The van der Waals surface area contributed by atoms with Crippen LogP contribution in [0.4, 0.5) is 13.2 Å². The molecule has 4 nitrogen and oxygen atoms in total. The minimum atomic E-state index is -4.72. The molecule has 1 aliphatic carbocycles. The number of aromatic nitrogens is 1. The van der Waals surface area contributed by atoms with Gasteiger partial charge >= 0.3 is 11.2 Å². The molecule has 1 aromatic carbocycles. The van der Waals surface area contributed by atoms with Gasteiger partial charge in [-0.3, -0.25) is 14.3 Å². The van der Waals surface area contributed by atoms with Crippen molar-refractivity contribution < 1.29 is 17.9 Å². The number of fused-ring (bicyclic) bond motifs is 1. The van der Waals surface area contributed by atoms with Crippen LogP contribution in [-0.4, -0.2) is 22.9 Å². The monoisotopic (exact) mass is 372 g/mol. The van der Waals surface area contributed by atoms with Crippen LogP contribution >= 0.6 is 11.3 Å². The maximum atomic E-state index is 12.5. The maximum Gasteiger partial charge on any atom is 0.573 e. The van der Waals surface area contributed by atoms with Crippen molar-refractivity contribution in [3.8, 4) is 5.75 Å². The SMILES string of the molecule is CN(Cc1ccccc1OC(F)(F)F)Cn1c2c(sc1=O)CCCC2. The first-order valence-corrected chi connectivity index (χ1v) is 8.89. The van der Waals surface area contributed by atoms with E-state index in [4.69, 9.17) is 0 Å². The zero-order valence-corrected chi connectivity index (χ0v) is 14.6. The lowest BCUT2D eigenvalue weighted by Gasteiger charge is -2.22. The van der Waals surface area contributed by atoms with Gasteiger partial charge in [-0.05, 0) is 38.8 Å². The van der Waals surface area contributed by atoms with Crippen LogP contribution in [0, 0.1) is 0 Å². The predicted octanol–water partition coefficient (Wildman–Crippen LogP) is 3.78. The fourth-order valence-electron chi connectivity index (χ4n) is 3.11. The first-order valence-electron chi connectivity index (χ1n) is 8.07. The van der Waals surface area contributed by atoms with E-state index in [0.717, 1.165) is 36.3 Å². The summed E-state index contributed by atoms with van der Waals surface area (Å²) in [6.45, 7) is 0.605. The van der Waals surface area contributed by atoms with Crippen LogP contribution in [0.5, 0.6) is 5.75 Å². The van der Waals surface area contributed by atoms with Gasteiger partial charge in [0.2, 0.25) is 0 Å². The Kier molecular flexibility index (Phi) is 5.19. The van der Waals surface area contributed by atoms with Crippen LogP contribution < -0.4 is 9.61 Å². The number of ether oxygens (including phenoxy) is 1. The van der Waals surface area contributed by atoms with Gasteiger partial charge < -0.3 is 4.74 Å². The van der Waals surface area contributed by atoms with E-state index in [-0.39, 0.29) is 17.2 Å². The van der Waals surface area contributed by atoms with Crippen LogP contribution in [-0.2, 0) is 26.1 Å². The second-order valence-electron chi connectivity index (χ2n) is 6.18. The summed E-state index contributed by atoms with van der Waals surface area (Å²) >= 11 is 1.28. The minimum Gasteiger partial charge on any atom is -0.405 e. The summed E-state index contributed by atoms with van der Waals surface area (Å²) < 4.78 is 43.4. The number of aryl methyl sites for hydroxylation is 1. The molecule has 0 bridgehead atoms. The fraction of sp³-hybridized carbons (Fsp3) is 0.471. The van der Waals surface area contributed by atoms with Crippen molar-refractivity contribution in [3.05, 3.63) is 50.1 Å². The second kappa shape index (κ2) is 7.21. The van der Waals surface area contributed by atoms with E-state index in [0.29, 0.717) is 12.2 Å². The minimum absolute atomic E-state index is 0.00132. The Morgan fingerprint density at radius 2 is 1.96 bits per heavy atom. The number of hydrogen-bond donors (Lipinski definition) is 0. The molecule has 0 N–H and O–H groups in total.